The fourth-order valence-electron chi connectivity index (χ4n) is 3.89. The van der Waals surface area contributed by atoms with E-state index in [1.807, 2.05) is 11.9 Å². The molecule has 0 aliphatic heterocycles. The van der Waals surface area contributed by atoms with E-state index in [2.05, 4.69) is 26.8 Å². The number of nitrogens with zero attached hydrogens (tertiary/aromatic N) is 4. The summed E-state index contributed by atoms with van der Waals surface area (Å²) >= 11 is 0. The number of halogens is 1. The first-order valence-electron chi connectivity index (χ1n) is 11.6. The van der Waals surface area contributed by atoms with E-state index in [1.165, 1.54) is 12.1 Å². The minimum Gasteiger partial charge on any atom is -0.419 e. The molecule has 0 radical (unpaired) electrons. The van der Waals surface area contributed by atoms with Gasteiger partial charge >= 0.3 is 0 Å². The number of aromatic nitrogens is 3. The van der Waals surface area contributed by atoms with Crippen LogP contribution in [0.4, 0.5) is 16.0 Å². The Hall–Kier alpha value is -3.05. The maximum absolute atomic E-state index is 13.3. The van der Waals surface area contributed by atoms with Gasteiger partial charge in [-0.25, -0.2) is 17.8 Å². The van der Waals surface area contributed by atoms with Crippen molar-refractivity contribution >= 4 is 21.7 Å². The second kappa shape index (κ2) is 9.54. The van der Waals surface area contributed by atoms with Crippen LogP contribution in [-0.4, -0.2) is 42.9 Å². The van der Waals surface area contributed by atoms with Gasteiger partial charge in [-0.3, -0.25) is 4.72 Å². The quantitative estimate of drug-likeness (QED) is 0.431. The highest BCUT2D eigenvalue weighted by Gasteiger charge is 2.34. The van der Waals surface area contributed by atoms with Crippen molar-refractivity contribution in [2.24, 2.45) is 17.6 Å². The average Bonchev–Trinajstić information content (AvgIpc) is 3.26. The van der Waals surface area contributed by atoms with Gasteiger partial charge in [0.25, 0.3) is 0 Å². The van der Waals surface area contributed by atoms with E-state index in [1.54, 1.807) is 38.1 Å². The molecule has 3 atom stereocenters. The molecule has 1 saturated carbocycles. The number of sulfonamides is 1. The van der Waals surface area contributed by atoms with Crippen LogP contribution < -0.4 is 15.4 Å². The van der Waals surface area contributed by atoms with Crippen LogP contribution in [0.25, 0.3) is 11.5 Å². The Morgan fingerprint density at radius 2 is 1.94 bits per heavy atom. The molecule has 188 valence electrons. The molecular weight excluding hydrogens is 471 g/mol. The molecule has 1 fully saturated rings. The van der Waals surface area contributed by atoms with Crippen molar-refractivity contribution in [3.8, 4) is 11.5 Å². The van der Waals surface area contributed by atoms with Crippen LogP contribution in [0.5, 0.6) is 0 Å². The second-order valence-electron chi connectivity index (χ2n) is 9.59. The number of hydrogen-bond donors (Lipinski definition) is 2. The van der Waals surface area contributed by atoms with E-state index < -0.39 is 15.6 Å². The normalized spacial score (nSPS) is 19.3. The van der Waals surface area contributed by atoms with Crippen molar-refractivity contribution in [2.75, 3.05) is 29.0 Å². The van der Waals surface area contributed by atoms with Crippen LogP contribution in [0, 0.1) is 17.7 Å². The van der Waals surface area contributed by atoms with Gasteiger partial charge in [0.2, 0.25) is 21.8 Å². The van der Waals surface area contributed by atoms with E-state index in [9.17, 15) is 12.8 Å². The van der Waals surface area contributed by atoms with Gasteiger partial charge < -0.3 is 15.1 Å². The molecule has 9 nitrogen and oxygen atoms in total. The van der Waals surface area contributed by atoms with Gasteiger partial charge in [0.05, 0.1) is 11.3 Å². The summed E-state index contributed by atoms with van der Waals surface area (Å²) < 4.78 is 46.1. The van der Waals surface area contributed by atoms with Gasteiger partial charge in [-0.1, -0.05) is 19.1 Å². The topological polar surface area (TPSA) is 127 Å². The summed E-state index contributed by atoms with van der Waals surface area (Å²) in [5.41, 5.74) is 6.84. The smallest absolute Gasteiger partial charge is 0.248 e. The van der Waals surface area contributed by atoms with Crippen molar-refractivity contribution in [1.29, 1.82) is 0 Å². The van der Waals surface area contributed by atoms with Crippen LogP contribution in [0.15, 0.2) is 40.8 Å². The highest BCUT2D eigenvalue weighted by Crippen LogP contribution is 2.39. The highest BCUT2D eigenvalue weighted by atomic mass is 32.2. The molecule has 1 aliphatic carbocycles. The molecule has 11 heteroatoms. The van der Waals surface area contributed by atoms with Crippen molar-refractivity contribution in [3.63, 3.8) is 0 Å². The molecule has 4 rings (SSSR count). The van der Waals surface area contributed by atoms with Crippen molar-refractivity contribution in [3.05, 3.63) is 53.7 Å². The summed E-state index contributed by atoms with van der Waals surface area (Å²) in [6.45, 7) is 6.34. The monoisotopic (exact) mass is 502 g/mol. The molecule has 3 unspecified atom stereocenters. The lowest BCUT2D eigenvalue weighted by Gasteiger charge is -2.20. The highest BCUT2D eigenvalue weighted by molar-refractivity contribution is 7.92. The van der Waals surface area contributed by atoms with E-state index in [0.29, 0.717) is 29.6 Å². The average molecular weight is 503 g/mol. The van der Waals surface area contributed by atoms with Crippen molar-refractivity contribution in [2.45, 2.75) is 39.2 Å². The summed E-state index contributed by atoms with van der Waals surface area (Å²) in [4.78, 5) is 6.51. The van der Waals surface area contributed by atoms with Gasteiger partial charge in [-0.2, -0.15) is 0 Å². The van der Waals surface area contributed by atoms with Gasteiger partial charge in [0.1, 0.15) is 17.5 Å². The first-order chi connectivity index (χ1) is 16.5. The van der Waals surface area contributed by atoms with Gasteiger partial charge in [-0.05, 0) is 68.4 Å². The van der Waals surface area contributed by atoms with E-state index in [4.69, 9.17) is 10.2 Å². The Bertz CT molecular complexity index is 1290. The molecule has 0 amide bonds. The maximum Gasteiger partial charge on any atom is 0.248 e. The Morgan fingerprint density at radius 1 is 1.26 bits per heavy atom. The van der Waals surface area contributed by atoms with Crippen LogP contribution in [0.2, 0.25) is 0 Å². The zero-order valence-electron chi connectivity index (χ0n) is 20.3. The SMILES string of the molecule is CCS(=O)(=O)Nc1cc(-c2nnc(C(C)(N)Cc3ccc(F)cc3)o2)cc(N(C)CC2CC2C)n1. The lowest BCUT2D eigenvalue weighted by molar-refractivity contribution is 0.355. The minimum absolute atomic E-state index is 0.0801. The number of anilines is 2. The summed E-state index contributed by atoms with van der Waals surface area (Å²) in [5, 5.41) is 8.32. The fourth-order valence-corrected chi connectivity index (χ4v) is 4.46. The standard InChI is InChI=1S/C24H31FN6O3S/c1-5-35(32,33)30-20-11-17(12-21(27-20)31(4)14-18-10-15(18)2)22-28-29-23(34-22)24(3,26)13-16-6-8-19(25)9-7-16/h6-9,11-12,15,18H,5,10,13-14,26H2,1-4H3,(H,27,30). The summed E-state index contributed by atoms with van der Waals surface area (Å²) in [5.74, 6) is 2.03. The Kier molecular flexibility index (Phi) is 6.83. The summed E-state index contributed by atoms with van der Waals surface area (Å²) in [7, 11) is -1.61. The Labute approximate surface area is 205 Å². The van der Waals surface area contributed by atoms with E-state index >= 15 is 0 Å². The largest absolute Gasteiger partial charge is 0.419 e. The third-order valence-electron chi connectivity index (χ3n) is 6.27. The third-order valence-corrected chi connectivity index (χ3v) is 7.55. The molecule has 2 aromatic heterocycles. The summed E-state index contributed by atoms with van der Waals surface area (Å²) in [6.07, 6.45) is 1.52. The first-order valence-corrected chi connectivity index (χ1v) is 13.2. The predicted octanol–water partition coefficient (Wildman–Crippen LogP) is 3.54. The molecule has 35 heavy (non-hydrogen) atoms. The number of rotatable bonds is 10. The van der Waals surface area contributed by atoms with Crippen LogP contribution in [0.1, 0.15) is 38.6 Å². The predicted molar refractivity (Wildman–Crippen MR) is 133 cm³/mol. The molecular formula is C24H31FN6O3S. The molecule has 3 aromatic rings. The Balaban J connectivity index is 1.63. The van der Waals surface area contributed by atoms with Crippen LogP contribution in [-0.2, 0) is 22.0 Å². The second-order valence-corrected chi connectivity index (χ2v) is 11.6. The van der Waals surface area contributed by atoms with E-state index in [0.717, 1.165) is 18.5 Å². The van der Waals surface area contributed by atoms with Gasteiger partial charge in [0, 0.05) is 19.2 Å². The number of pyridine rings is 1. The third kappa shape index (κ3) is 6.15. The van der Waals surface area contributed by atoms with Crippen LogP contribution in [0.3, 0.4) is 0 Å². The molecule has 3 N–H and O–H groups in total. The zero-order valence-corrected chi connectivity index (χ0v) is 21.1. The number of nitrogens with two attached hydrogens (primary N) is 1. The summed E-state index contributed by atoms with van der Waals surface area (Å²) in [6, 6.07) is 9.43. The molecule has 1 aromatic carbocycles. The fraction of sp³-hybridized carbons (Fsp3) is 0.458. The molecule has 0 spiro atoms. The number of nitrogens with one attached hydrogen (secondary N) is 1. The van der Waals surface area contributed by atoms with Crippen molar-refractivity contribution < 1.29 is 17.2 Å². The van der Waals surface area contributed by atoms with Gasteiger partial charge in [0.15, 0.2) is 0 Å². The zero-order chi connectivity index (χ0) is 25.4. The molecule has 2 heterocycles. The molecule has 0 bridgehead atoms. The van der Waals surface area contributed by atoms with E-state index in [-0.39, 0.29) is 29.2 Å². The Morgan fingerprint density at radius 3 is 2.57 bits per heavy atom. The first kappa shape index (κ1) is 25.1. The lowest BCUT2D eigenvalue weighted by Crippen LogP contribution is -2.35. The number of hydrogen-bond acceptors (Lipinski definition) is 8. The lowest BCUT2D eigenvalue weighted by atomic mass is 9.94. The molecule has 0 saturated heterocycles. The number of benzene rings is 1. The minimum atomic E-state index is -3.53. The van der Waals surface area contributed by atoms with Crippen LogP contribution >= 0.6 is 0 Å². The molecule has 1 aliphatic rings. The maximum atomic E-state index is 13.3. The van der Waals surface area contributed by atoms with Crippen molar-refractivity contribution in [1.82, 2.24) is 15.2 Å². The van der Waals surface area contributed by atoms with Gasteiger partial charge in [-0.15, -0.1) is 10.2 Å².